The fourth-order valence-electron chi connectivity index (χ4n) is 6.21. The van der Waals surface area contributed by atoms with Crippen LogP contribution in [-0.4, -0.2) is 73.0 Å². The van der Waals surface area contributed by atoms with Crippen LogP contribution in [0, 0.1) is 0 Å². The Labute approximate surface area is 333 Å². The molecule has 0 unspecified atom stereocenters. The Hall–Kier alpha value is -4.84. The average Bonchev–Trinajstić information content (AvgIpc) is 3.87. The smallest absolute Gasteiger partial charge is 0.166 e. The highest BCUT2D eigenvalue weighted by molar-refractivity contribution is 7.99. The zero-order chi connectivity index (χ0) is 38.2. The zero-order valence-electron chi connectivity index (χ0n) is 32.2. The number of unbranched alkanes of at least 4 members (excludes halogenated alkanes) is 4. The van der Waals surface area contributed by atoms with E-state index in [0.717, 1.165) is 116 Å². The summed E-state index contributed by atoms with van der Waals surface area (Å²) < 4.78 is 21.5. The molecule has 0 aliphatic rings. The molecule has 2 aromatic heterocycles. The number of benzene rings is 4. The molecular weight excluding hydrogens is 727 g/mol. The van der Waals surface area contributed by atoms with Crippen molar-refractivity contribution in [3.63, 3.8) is 0 Å². The van der Waals surface area contributed by atoms with Gasteiger partial charge in [0.05, 0.1) is 51.2 Å². The second-order valence-electron chi connectivity index (χ2n) is 13.0. The van der Waals surface area contributed by atoms with Crippen molar-refractivity contribution >= 4 is 23.5 Å². The molecule has 9 nitrogen and oxygen atoms in total. The standard InChI is InChI=1S/C44H51N5O4S2/c1-50-35-19-11-31(12-20-35)39-40(32-13-21-36(51-2)22-14-32)47-43(46-39)54-29-9-5-7-27-45-28-8-6-10-30-55-44-48-41(33-15-23-37(52-3)24-16-33)42(49-44)34-17-25-38(53-4)26-18-34/h11-26,45H,5-10,27-30H2,1-4H3,(H,46,47)(H,48,49). The lowest BCUT2D eigenvalue weighted by Gasteiger charge is -2.06. The predicted octanol–water partition coefficient (Wildman–Crippen LogP) is 10.6. The maximum atomic E-state index is 5.37. The Kier molecular flexibility index (Phi) is 15.0. The summed E-state index contributed by atoms with van der Waals surface area (Å²) in [5.41, 5.74) is 8.16. The van der Waals surface area contributed by atoms with Crippen molar-refractivity contribution in [1.82, 2.24) is 25.3 Å². The minimum atomic E-state index is 0.829. The first-order valence-corrected chi connectivity index (χ1v) is 20.8. The largest absolute Gasteiger partial charge is 0.497 e. The van der Waals surface area contributed by atoms with E-state index in [2.05, 4.69) is 63.8 Å². The van der Waals surface area contributed by atoms with Crippen molar-refractivity contribution in [3.05, 3.63) is 97.1 Å². The number of ether oxygens (including phenoxy) is 4. The second-order valence-corrected chi connectivity index (χ2v) is 15.2. The summed E-state index contributed by atoms with van der Waals surface area (Å²) in [4.78, 5) is 17.2. The van der Waals surface area contributed by atoms with E-state index in [9.17, 15) is 0 Å². The highest BCUT2D eigenvalue weighted by Crippen LogP contribution is 2.36. The van der Waals surface area contributed by atoms with Crippen LogP contribution in [-0.2, 0) is 0 Å². The van der Waals surface area contributed by atoms with E-state index in [0.29, 0.717) is 0 Å². The van der Waals surface area contributed by atoms with E-state index in [-0.39, 0.29) is 0 Å². The van der Waals surface area contributed by atoms with Crippen LogP contribution in [0.2, 0.25) is 0 Å². The summed E-state index contributed by atoms with van der Waals surface area (Å²) in [7, 11) is 6.74. The van der Waals surface area contributed by atoms with Crippen molar-refractivity contribution in [2.24, 2.45) is 0 Å². The molecule has 6 aromatic rings. The van der Waals surface area contributed by atoms with Gasteiger partial charge >= 0.3 is 0 Å². The molecule has 0 bridgehead atoms. The van der Waals surface area contributed by atoms with Gasteiger partial charge in [0, 0.05) is 33.8 Å². The summed E-state index contributed by atoms with van der Waals surface area (Å²) in [6.07, 6.45) is 7.02. The number of hydrogen-bond donors (Lipinski definition) is 3. The zero-order valence-corrected chi connectivity index (χ0v) is 33.8. The third-order valence-electron chi connectivity index (χ3n) is 9.32. The van der Waals surface area contributed by atoms with Crippen LogP contribution in [0.15, 0.2) is 107 Å². The minimum Gasteiger partial charge on any atom is -0.497 e. The molecule has 11 heteroatoms. The number of hydrogen-bond acceptors (Lipinski definition) is 9. The summed E-state index contributed by atoms with van der Waals surface area (Å²) in [6, 6.07) is 32.3. The molecule has 0 spiro atoms. The van der Waals surface area contributed by atoms with Crippen molar-refractivity contribution in [2.45, 2.75) is 48.8 Å². The molecule has 55 heavy (non-hydrogen) atoms. The number of aromatic nitrogens is 4. The van der Waals surface area contributed by atoms with Gasteiger partial charge in [-0.15, -0.1) is 0 Å². The quantitative estimate of drug-likeness (QED) is 0.0459. The van der Waals surface area contributed by atoms with E-state index < -0.39 is 0 Å². The van der Waals surface area contributed by atoms with Crippen molar-refractivity contribution in [2.75, 3.05) is 53.0 Å². The molecule has 4 aromatic carbocycles. The van der Waals surface area contributed by atoms with Gasteiger partial charge in [-0.2, -0.15) is 0 Å². The summed E-state index contributed by atoms with van der Waals surface area (Å²) in [5, 5.41) is 5.52. The molecule has 2 heterocycles. The lowest BCUT2D eigenvalue weighted by molar-refractivity contribution is 0.414. The number of aromatic amines is 2. The van der Waals surface area contributed by atoms with E-state index in [1.54, 1.807) is 52.0 Å². The molecule has 0 saturated heterocycles. The first kappa shape index (κ1) is 39.8. The molecule has 0 aliphatic carbocycles. The highest BCUT2D eigenvalue weighted by Gasteiger charge is 2.17. The van der Waals surface area contributed by atoms with Crippen LogP contribution in [0.5, 0.6) is 23.0 Å². The fraction of sp³-hybridized carbons (Fsp3) is 0.318. The number of H-pyrrole nitrogens is 2. The van der Waals surface area contributed by atoms with Crippen LogP contribution in [0.25, 0.3) is 45.0 Å². The van der Waals surface area contributed by atoms with Crippen molar-refractivity contribution in [1.29, 1.82) is 0 Å². The van der Waals surface area contributed by atoms with Gasteiger partial charge in [-0.1, -0.05) is 36.4 Å². The Balaban J connectivity index is 0.886. The van der Waals surface area contributed by atoms with Crippen LogP contribution in [0.1, 0.15) is 38.5 Å². The third-order valence-corrected chi connectivity index (χ3v) is 11.2. The number of nitrogens with one attached hydrogen (secondary N) is 3. The highest BCUT2D eigenvalue weighted by atomic mass is 32.2. The summed E-state index contributed by atoms with van der Waals surface area (Å²) in [6.45, 7) is 2.11. The van der Waals surface area contributed by atoms with Crippen molar-refractivity contribution in [3.8, 4) is 68.0 Å². The Morgan fingerprint density at radius 2 is 0.764 bits per heavy atom. The molecule has 0 saturated carbocycles. The maximum absolute atomic E-state index is 5.37. The minimum absolute atomic E-state index is 0.829. The first-order valence-electron chi connectivity index (χ1n) is 18.8. The molecule has 0 atom stereocenters. The van der Waals surface area contributed by atoms with Crippen LogP contribution < -0.4 is 24.3 Å². The fourth-order valence-corrected chi connectivity index (χ4v) is 7.95. The monoisotopic (exact) mass is 777 g/mol. The van der Waals surface area contributed by atoms with Gasteiger partial charge in [0.1, 0.15) is 23.0 Å². The molecule has 0 radical (unpaired) electrons. The number of methoxy groups -OCH3 is 4. The topological polar surface area (TPSA) is 106 Å². The van der Waals surface area contributed by atoms with Gasteiger partial charge in [0.15, 0.2) is 10.3 Å². The summed E-state index contributed by atoms with van der Waals surface area (Å²) in [5.74, 6) is 5.37. The number of imidazole rings is 2. The first-order chi connectivity index (χ1) is 27.1. The van der Waals surface area contributed by atoms with Gasteiger partial charge in [-0.3, -0.25) is 0 Å². The van der Waals surface area contributed by atoms with Gasteiger partial charge in [0.2, 0.25) is 0 Å². The SMILES string of the molecule is COc1ccc(-c2nc(SCCCCCNCCCCCSc3nc(-c4ccc(OC)cc4)c(-c4ccc(OC)cc4)[nH]3)[nH]c2-c2ccc(OC)cc2)cc1. The Bertz CT molecular complexity index is 1750. The number of rotatable bonds is 22. The molecule has 288 valence electrons. The number of nitrogens with zero attached hydrogens (tertiary/aromatic N) is 2. The van der Waals surface area contributed by atoms with Gasteiger partial charge in [0.25, 0.3) is 0 Å². The van der Waals surface area contributed by atoms with Gasteiger partial charge in [-0.25, -0.2) is 9.97 Å². The molecule has 3 N–H and O–H groups in total. The predicted molar refractivity (Wildman–Crippen MR) is 227 cm³/mol. The summed E-state index contributed by atoms with van der Waals surface area (Å²) >= 11 is 3.57. The van der Waals surface area contributed by atoms with E-state index in [4.69, 9.17) is 28.9 Å². The molecule has 0 fully saturated rings. The molecule has 0 amide bonds. The second kappa shape index (κ2) is 20.7. The maximum Gasteiger partial charge on any atom is 0.166 e. The molecule has 6 rings (SSSR count). The lowest BCUT2D eigenvalue weighted by Crippen LogP contribution is -2.16. The molecular formula is C44H51N5O4S2. The van der Waals surface area contributed by atoms with Gasteiger partial charge < -0.3 is 34.2 Å². The normalized spacial score (nSPS) is 11.1. The van der Waals surface area contributed by atoms with Crippen LogP contribution in [0.3, 0.4) is 0 Å². The van der Waals surface area contributed by atoms with E-state index >= 15 is 0 Å². The van der Waals surface area contributed by atoms with Crippen LogP contribution in [0.4, 0.5) is 0 Å². The average molecular weight is 778 g/mol. The Morgan fingerprint density at radius 1 is 0.436 bits per heavy atom. The van der Waals surface area contributed by atoms with Crippen molar-refractivity contribution < 1.29 is 18.9 Å². The third kappa shape index (κ3) is 11.1. The number of thioether (sulfide) groups is 2. The van der Waals surface area contributed by atoms with E-state index in [1.807, 2.05) is 48.5 Å². The van der Waals surface area contributed by atoms with Gasteiger partial charge in [-0.05, 0) is 136 Å². The van der Waals surface area contributed by atoms with E-state index in [1.165, 1.54) is 25.7 Å². The lowest BCUT2D eigenvalue weighted by atomic mass is 10.0. The molecule has 0 aliphatic heterocycles. The Morgan fingerprint density at radius 3 is 1.09 bits per heavy atom. The van der Waals surface area contributed by atoms with Crippen LogP contribution >= 0.6 is 23.5 Å².